The van der Waals surface area contributed by atoms with Gasteiger partial charge in [0.15, 0.2) is 0 Å². The molecule has 1 N–H and O–H groups in total. The number of nitrogens with one attached hydrogen (secondary N) is 1. The van der Waals surface area contributed by atoms with Gasteiger partial charge >= 0.3 is 0 Å². The average molecular weight is 372 g/mol. The lowest BCUT2D eigenvalue weighted by Crippen LogP contribution is -2.27. The molecular formula is C20H22ClN3O2. The second-order valence-corrected chi connectivity index (χ2v) is 6.49. The normalized spacial score (nSPS) is 10.8. The molecule has 0 saturated carbocycles. The zero-order valence-corrected chi connectivity index (χ0v) is 15.5. The molecule has 0 aliphatic carbocycles. The topological polar surface area (TPSA) is 56.2 Å². The number of aromatic nitrogens is 2. The maximum atomic E-state index is 12.0. The van der Waals surface area contributed by atoms with Gasteiger partial charge in [-0.05, 0) is 49.7 Å². The maximum Gasteiger partial charge on any atom is 0.220 e. The van der Waals surface area contributed by atoms with Gasteiger partial charge in [-0.15, -0.1) is 0 Å². The summed E-state index contributed by atoms with van der Waals surface area (Å²) in [7, 11) is 0. The third-order valence-electron chi connectivity index (χ3n) is 4.13. The summed E-state index contributed by atoms with van der Waals surface area (Å²) in [6, 6.07) is 15.2. The van der Waals surface area contributed by atoms with E-state index in [4.69, 9.17) is 16.3 Å². The minimum Gasteiger partial charge on any atom is -0.494 e. The molecule has 1 amide bonds. The molecule has 0 aliphatic heterocycles. The Balaban J connectivity index is 1.37. The number of para-hydroxylation sites is 2. The minimum atomic E-state index is 0.0341. The van der Waals surface area contributed by atoms with Crippen molar-refractivity contribution in [3.63, 3.8) is 0 Å². The average Bonchev–Trinajstić information content (AvgIpc) is 2.96. The van der Waals surface area contributed by atoms with Crippen molar-refractivity contribution in [1.82, 2.24) is 14.9 Å². The molecule has 1 heterocycles. The predicted molar refractivity (Wildman–Crippen MR) is 104 cm³/mol. The van der Waals surface area contributed by atoms with E-state index in [2.05, 4.69) is 14.9 Å². The highest BCUT2D eigenvalue weighted by molar-refractivity contribution is 6.30. The molecule has 6 heteroatoms. The van der Waals surface area contributed by atoms with Crippen molar-refractivity contribution in [2.24, 2.45) is 0 Å². The SMILES string of the molecule is Cc1nc2ccccc2n1CCNC(=O)CCCOc1ccc(Cl)cc1. The number of fused-ring (bicyclic) bond motifs is 1. The molecule has 5 nitrogen and oxygen atoms in total. The van der Waals surface area contributed by atoms with E-state index < -0.39 is 0 Å². The van der Waals surface area contributed by atoms with Crippen LogP contribution in [0.15, 0.2) is 48.5 Å². The van der Waals surface area contributed by atoms with Crippen LogP contribution >= 0.6 is 11.6 Å². The van der Waals surface area contributed by atoms with E-state index in [1.165, 1.54) is 0 Å². The summed E-state index contributed by atoms with van der Waals surface area (Å²) in [5.74, 6) is 1.75. The van der Waals surface area contributed by atoms with Crippen molar-refractivity contribution >= 4 is 28.5 Å². The highest BCUT2D eigenvalue weighted by Gasteiger charge is 2.07. The van der Waals surface area contributed by atoms with E-state index in [-0.39, 0.29) is 5.91 Å². The van der Waals surface area contributed by atoms with Crippen molar-refractivity contribution in [3.8, 4) is 5.75 Å². The van der Waals surface area contributed by atoms with Crippen molar-refractivity contribution in [2.75, 3.05) is 13.2 Å². The fourth-order valence-electron chi connectivity index (χ4n) is 2.83. The Hall–Kier alpha value is -2.53. The van der Waals surface area contributed by atoms with Gasteiger partial charge < -0.3 is 14.6 Å². The van der Waals surface area contributed by atoms with Crippen LogP contribution in [-0.4, -0.2) is 28.6 Å². The van der Waals surface area contributed by atoms with Gasteiger partial charge in [0.2, 0.25) is 5.91 Å². The number of benzene rings is 2. The third-order valence-corrected chi connectivity index (χ3v) is 4.39. The summed E-state index contributed by atoms with van der Waals surface area (Å²) < 4.78 is 7.71. The van der Waals surface area contributed by atoms with Crippen LogP contribution in [0.2, 0.25) is 5.02 Å². The van der Waals surface area contributed by atoms with Crippen LogP contribution in [0.1, 0.15) is 18.7 Å². The molecule has 2 aromatic carbocycles. The van der Waals surface area contributed by atoms with E-state index >= 15 is 0 Å². The zero-order chi connectivity index (χ0) is 18.4. The van der Waals surface area contributed by atoms with Gasteiger partial charge in [-0.3, -0.25) is 4.79 Å². The number of hydrogen-bond donors (Lipinski definition) is 1. The second-order valence-electron chi connectivity index (χ2n) is 6.06. The number of halogens is 1. The number of rotatable bonds is 8. The Kier molecular flexibility index (Phi) is 6.12. The van der Waals surface area contributed by atoms with Crippen LogP contribution in [0.25, 0.3) is 11.0 Å². The Bertz CT molecular complexity index is 874. The van der Waals surface area contributed by atoms with Crippen LogP contribution in [0, 0.1) is 6.92 Å². The summed E-state index contributed by atoms with van der Waals surface area (Å²) in [6.07, 6.45) is 1.11. The standard InChI is InChI=1S/C20H22ClN3O2/c1-15-23-18-5-2-3-6-19(18)24(15)13-12-22-20(25)7-4-14-26-17-10-8-16(21)9-11-17/h2-3,5-6,8-11H,4,7,12-14H2,1H3,(H,22,25). The molecule has 0 saturated heterocycles. The van der Waals surface area contributed by atoms with Crippen LogP contribution < -0.4 is 10.1 Å². The Labute approximate surface area is 157 Å². The summed E-state index contributed by atoms with van der Waals surface area (Å²) in [6.45, 7) is 3.77. The quantitative estimate of drug-likeness (QED) is 0.609. The van der Waals surface area contributed by atoms with Gasteiger partial charge in [-0.25, -0.2) is 4.98 Å². The molecule has 0 spiro atoms. The van der Waals surface area contributed by atoms with Crippen molar-refractivity contribution in [1.29, 1.82) is 0 Å². The van der Waals surface area contributed by atoms with Gasteiger partial charge in [0.1, 0.15) is 11.6 Å². The largest absolute Gasteiger partial charge is 0.494 e. The van der Waals surface area contributed by atoms with Gasteiger partial charge in [-0.2, -0.15) is 0 Å². The van der Waals surface area contributed by atoms with Crippen LogP contribution in [-0.2, 0) is 11.3 Å². The number of amides is 1. The van der Waals surface area contributed by atoms with E-state index in [0.29, 0.717) is 37.6 Å². The number of hydrogen-bond acceptors (Lipinski definition) is 3. The molecule has 136 valence electrons. The van der Waals surface area contributed by atoms with Crippen molar-refractivity contribution in [3.05, 3.63) is 59.4 Å². The number of ether oxygens (including phenoxy) is 1. The fourth-order valence-corrected chi connectivity index (χ4v) is 2.95. The molecule has 3 rings (SSSR count). The van der Waals surface area contributed by atoms with E-state index in [1.807, 2.05) is 43.3 Å². The summed E-state index contributed by atoms with van der Waals surface area (Å²) in [5, 5.41) is 3.64. The van der Waals surface area contributed by atoms with Crippen molar-refractivity contribution in [2.45, 2.75) is 26.3 Å². The Morgan fingerprint density at radius 1 is 1.19 bits per heavy atom. The van der Waals surface area contributed by atoms with Crippen LogP contribution in [0.5, 0.6) is 5.75 Å². The molecule has 26 heavy (non-hydrogen) atoms. The molecule has 0 atom stereocenters. The number of aryl methyl sites for hydroxylation is 1. The lowest BCUT2D eigenvalue weighted by atomic mass is 10.3. The summed E-state index contributed by atoms with van der Waals surface area (Å²) in [5.41, 5.74) is 2.08. The van der Waals surface area contributed by atoms with Gasteiger partial charge in [0.05, 0.1) is 17.6 Å². The molecule has 3 aromatic rings. The first kappa shape index (κ1) is 18.3. The molecule has 1 aromatic heterocycles. The molecule has 0 fully saturated rings. The van der Waals surface area contributed by atoms with E-state index in [1.54, 1.807) is 12.1 Å². The highest BCUT2D eigenvalue weighted by atomic mass is 35.5. The summed E-state index contributed by atoms with van der Waals surface area (Å²) >= 11 is 5.83. The number of carbonyl (C=O) groups is 1. The zero-order valence-electron chi connectivity index (χ0n) is 14.7. The summed E-state index contributed by atoms with van der Waals surface area (Å²) in [4.78, 5) is 16.5. The van der Waals surface area contributed by atoms with E-state index in [9.17, 15) is 4.79 Å². The van der Waals surface area contributed by atoms with Gasteiger partial charge in [0.25, 0.3) is 0 Å². The first-order valence-electron chi connectivity index (χ1n) is 8.70. The molecular weight excluding hydrogens is 350 g/mol. The molecule has 0 unspecified atom stereocenters. The van der Waals surface area contributed by atoms with Gasteiger partial charge in [0, 0.05) is 24.5 Å². The number of carbonyl (C=O) groups excluding carboxylic acids is 1. The molecule has 0 aliphatic rings. The number of nitrogens with zero attached hydrogens (tertiary/aromatic N) is 2. The Morgan fingerprint density at radius 3 is 2.77 bits per heavy atom. The lowest BCUT2D eigenvalue weighted by molar-refractivity contribution is -0.121. The fraction of sp³-hybridized carbons (Fsp3) is 0.300. The third kappa shape index (κ3) is 4.76. The highest BCUT2D eigenvalue weighted by Crippen LogP contribution is 2.16. The molecule has 0 radical (unpaired) electrons. The molecule has 0 bridgehead atoms. The van der Waals surface area contributed by atoms with Crippen LogP contribution in [0.3, 0.4) is 0 Å². The van der Waals surface area contributed by atoms with E-state index in [0.717, 1.165) is 22.6 Å². The smallest absolute Gasteiger partial charge is 0.220 e. The lowest BCUT2D eigenvalue weighted by Gasteiger charge is -2.09. The maximum absolute atomic E-state index is 12.0. The van der Waals surface area contributed by atoms with Crippen molar-refractivity contribution < 1.29 is 9.53 Å². The van der Waals surface area contributed by atoms with Gasteiger partial charge in [-0.1, -0.05) is 23.7 Å². The minimum absolute atomic E-state index is 0.0341. The second kappa shape index (κ2) is 8.72. The predicted octanol–water partition coefficient (Wildman–Crippen LogP) is 3.97. The number of imidazole rings is 1. The van der Waals surface area contributed by atoms with Crippen LogP contribution in [0.4, 0.5) is 0 Å². The first-order chi connectivity index (χ1) is 12.6. The monoisotopic (exact) mass is 371 g/mol. The first-order valence-corrected chi connectivity index (χ1v) is 9.08. The Morgan fingerprint density at radius 2 is 1.96 bits per heavy atom.